The molecule has 1 aromatic rings. The summed E-state index contributed by atoms with van der Waals surface area (Å²) in [5.41, 5.74) is 7.66. The van der Waals surface area contributed by atoms with E-state index in [0.29, 0.717) is 25.3 Å². The number of halogens is 1. The Morgan fingerprint density at radius 1 is 1.58 bits per heavy atom. The van der Waals surface area contributed by atoms with Gasteiger partial charge in [0, 0.05) is 29.2 Å². The van der Waals surface area contributed by atoms with Gasteiger partial charge in [-0.2, -0.15) is 0 Å². The van der Waals surface area contributed by atoms with E-state index in [9.17, 15) is 4.79 Å². The van der Waals surface area contributed by atoms with E-state index in [0.717, 1.165) is 10.0 Å². The first-order valence-corrected chi connectivity index (χ1v) is 7.21. The average molecular weight is 327 g/mol. The molecule has 1 aliphatic rings. The first-order valence-electron chi connectivity index (χ1n) is 6.41. The van der Waals surface area contributed by atoms with Crippen LogP contribution in [-0.4, -0.2) is 42.6 Å². The van der Waals surface area contributed by atoms with E-state index in [2.05, 4.69) is 15.9 Å². The highest BCUT2D eigenvalue weighted by molar-refractivity contribution is 9.10. The van der Waals surface area contributed by atoms with Crippen LogP contribution in [0.1, 0.15) is 22.8 Å². The van der Waals surface area contributed by atoms with Crippen LogP contribution < -0.4 is 5.73 Å². The van der Waals surface area contributed by atoms with Crippen molar-refractivity contribution in [2.75, 3.05) is 19.7 Å². The van der Waals surface area contributed by atoms with E-state index in [1.54, 1.807) is 0 Å². The smallest absolute Gasteiger partial charge is 0.254 e. The molecular formula is C14H19BrN2O2. The first-order chi connectivity index (χ1) is 8.99. The summed E-state index contributed by atoms with van der Waals surface area (Å²) in [4.78, 5) is 14.3. The van der Waals surface area contributed by atoms with Gasteiger partial charge in [-0.25, -0.2) is 0 Å². The maximum absolute atomic E-state index is 12.4. The summed E-state index contributed by atoms with van der Waals surface area (Å²) in [7, 11) is 0. The molecule has 2 rings (SSSR count). The molecule has 2 atom stereocenters. The second kappa shape index (κ2) is 6.03. The number of benzene rings is 1. The van der Waals surface area contributed by atoms with Gasteiger partial charge >= 0.3 is 0 Å². The van der Waals surface area contributed by atoms with Crippen LogP contribution in [-0.2, 0) is 4.74 Å². The lowest BCUT2D eigenvalue weighted by Crippen LogP contribution is -2.51. The van der Waals surface area contributed by atoms with Crippen molar-refractivity contribution in [2.24, 2.45) is 5.73 Å². The molecular weight excluding hydrogens is 308 g/mol. The number of hydrogen-bond donors (Lipinski definition) is 1. The van der Waals surface area contributed by atoms with Crippen molar-refractivity contribution >= 4 is 21.8 Å². The predicted octanol–water partition coefficient (Wildman–Crippen LogP) is 1.95. The third-order valence-corrected chi connectivity index (χ3v) is 4.24. The number of nitrogens with two attached hydrogens (primary N) is 1. The van der Waals surface area contributed by atoms with Gasteiger partial charge in [0.05, 0.1) is 12.7 Å². The average Bonchev–Trinajstić information content (AvgIpc) is 2.41. The number of amides is 1. The number of carbonyl (C=O) groups is 1. The van der Waals surface area contributed by atoms with Gasteiger partial charge in [-0.3, -0.25) is 4.79 Å². The topological polar surface area (TPSA) is 55.6 Å². The van der Waals surface area contributed by atoms with E-state index in [-0.39, 0.29) is 18.1 Å². The molecule has 19 heavy (non-hydrogen) atoms. The molecule has 2 unspecified atom stereocenters. The Kier molecular flexibility index (Phi) is 4.60. The number of nitrogens with zero attached hydrogens (tertiary/aromatic N) is 1. The van der Waals surface area contributed by atoms with Gasteiger partial charge in [0.15, 0.2) is 0 Å². The molecule has 1 heterocycles. The molecule has 0 spiro atoms. The third-order valence-electron chi connectivity index (χ3n) is 3.39. The Balaban J connectivity index is 2.12. The Hall–Kier alpha value is -0.910. The normalized spacial score (nSPS) is 21.3. The zero-order chi connectivity index (χ0) is 14.0. The molecule has 2 N–H and O–H groups in total. The van der Waals surface area contributed by atoms with Crippen molar-refractivity contribution in [3.8, 4) is 0 Å². The molecule has 0 aliphatic carbocycles. The number of ether oxygens (including phenoxy) is 1. The third kappa shape index (κ3) is 3.35. The van der Waals surface area contributed by atoms with Crippen LogP contribution in [0.2, 0.25) is 0 Å². The maximum Gasteiger partial charge on any atom is 0.254 e. The highest BCUT2D eigenvalue weighted by Gasteiger charge is 2.27. The second-order valence-corrected chi connectivity index (χ2v) is 5.84. The Morgan fingerprint density at radius 3 is 2.95 bits per heavy atom. The minimum atomic E-state index is -0.0772. The molecule has 0 bridgehead atoms. The van der Waals surface area contributed by atoms with Gasteiger partial charge in [0.25, 0.3) is 5.91 Å². The SMILES string of the molecule is Cc1ccc(C(=O)N2CCOC(C(C)N)C2)cc1Br. The first kappa shape index (κ1) is 14.5. The lowest BCUT2D eigenvalue weighted by atomic mass is 10.1. The largest absolute Gasteiger partial charge is 0.373 e. The number of morpholine rings is 1. The number of carbonyl (C=O) groups excluding carboxylic acids is 1. The van der Waals surface area contributed by atoms with Crippen LogP contribution in [0.3, 0.4) is 0 Å². The van der Waals surface area contributed by atoms with Gasteiger partial charge < -0.3 is 15.4 Å². The minimum Gasteiger partial charge on any atom is -0.373 e. The summed E-state index contributed by atoms with van der Waals surface area (Å²) >= 11 is 3.46. The quantitative estimate of drug-likeness (QED) is 0.903. The van der Waals surface area contributed by atoms with E-state index < -0.39 is 0 Å². The molecule has 1 saturated heterocycles. The molecule has 1 aromatic carbocycles. The lowest BCUT2D eigenvalue weighted by Gasteiger charge is -2.34. The fourth-order valence-corrected chi connectivity index (χ4v) is 2.47. The second-order valence-electron chi connectivity index (χ2n) is 4.98. The van der Waals surface area contributed by atoms with Gasteiger partial charge in [-0.1, -0.05) is 22.0 Å². The van der Waals surface area contributed by atoms with E-state index in [1.165, 1.54) is 0 Å². The Morgan fingerprint density at radius 2 is 2.32 bits per heavy atom. The molecule has 104 valence electrons. The van der Waals surface area contributed by atoms with Gasteiger partial charge in [0.2, 0.25) is 0 Å². The minimum absolute atomic E-state index is 0.0367. The van der Waals surface area contributed by atoms with Crippen LogP contribution in [0.4, 0.5) is 0 Å². The fourth-order valence-electron chi connectivity index (χ4n) is 2.09. The van der Waals surface area contributed by atoms with Crippen molar-refractivity contribution in [1.82, 2.24) is 4.90 Å². The number of rotatable bonds is 2. The highest BCUT2D eigenvalue weighted by Crippen LogP contribution is 2.19. The monoisotopic (exact) mass is 326 g/mol. The number of hydrogen-bond acceptors (Lipinski definition) is 3. The van der Waals surface area contributed by atoms with Crippen molar-refractivity contribution in [1.29, 1.82) is 0 Å². The summed E-state index contributed by atoms with van der Waals surface area (Å²) in [6, 6.07) is 5.61. The fraction of sp³-hybridized carbons (Fsp3) is 0.500. The van der Waals surface area contributed by atoms with E-state index in [4.69, 9.17) is 10.5 Å². The van der Waals surface area contributed by atoms with Crippen molar-refractivity contribution in [2.45, 2.75) is 26.0 Å². The Labute approximate surface area is 122 Å². The molecule has 4 nitrogen and oxygen atoms in total. The van der Waals surface area contributed by atoms with Crippen LogP contribution in [0, 0.1) is 6.92 Å². The summed E-state index contributed by atoms with van der Waals surface area (Å²) in [6.07, 6.45) is -0.0772. The zero-order valence-electron chi connectivity index (χ0n) is 11.2. The predicted molar refractivity (Wildman–Crippen MR) is 78.2 cm³/mol. The molecule has 1 fully saturated rings. The van der Waals surface area contributed by atoms with Crippen LogP contribution in [0.25, 0.3) is 0 Å². The van der Waals surface area contributed by atoms with Gasteiger partial charge in [-0.15, -0.1) is 0 Å². The lowest BCUT2D eigenvalue weighted by molar-refractivity contribution is -0.0300. The van der Waals surface area contributed by atoms with Gasteiger partial charge in [0.1, 0.15) is 0 Å². The summed E-state index contributed by atoms with van der Waals surface area (Å²) in [5, 5.41) is 0. The Bertz CT molecular complexity index is 477. The highest BCUT2D eigenvalue weighted by atomic mass is 79.9. The standard InChI is InChI=1S/C14H19BrN2O2/c1-9-3-4-11(7-12(9)15)14(18)17-5-6-19-13(8-17)10(2)16/h3-4,7,10,13H,5-6,8,16H2,1-2H3. The molecule has 0 radical (unpaired) electrons. The van der Waals surface area contributed by atoms with E-state index in [1.807, 2.05) is 36.9 Å². The summed E-state index contributed by atoms with van der Waals surface area (Å²) < 4.78 is 6.52. The molecule has 1 amide bonds. The summed E-state index contributed by atoms with van der Waals surface area (Å²) in [5.74, 6) is 0.0367. The summed E-state index contributed by atoms with van der Waals surface area (Å²) in [6.45, 7) is 5.63. The van der Waals surface area contributed by atoms with Gasteiger partial charge in [-0.05, 0) is 31.5 Å². The molecule has 1 aliphatic heterocycles. The van der Waals surface area contributed by atoms with Crippen molar-refractivity contribution in [3.63, 3.8) is 0 Å². The molecule has 5 heteroatoms. The molecule has 0 aromatic heterocycles. The maximum atomic E-state index is 12.4. The number of aryl methyl sites for hydroxylation is 1. The van der Waals surface area contributed by atoms with Crippen LogP contribution in [0.5, 0.6) is 0 Å². The van der Waals surface area contributed by atoms with Crippen molar-refractivity contribution in [3.05, 3.63) is 33.8 Å². The van der Waals surface area contributed by atoms with Crippen LogP contribution in [0.15, 0.2) is 22.7 Å². The van der Waals surface area contributed by atoms with E-state index >= 15 is 0 Å². The van der Waals surface area contributed by atoms with Crippen LogP contribution >= 0.6 is 15.9 Å². The zero-order valence-corrected chi connectivity index (χ0v) is 12.8. The molecule has 0 saturated carbocycles. The van der Waals surface area contributed by atoms with Crippen molar-refractivity contribution < 1.29 is 9.53 Å².